The van der Waals surface area contributed by atoms with Gasteiger partial charge in [-0.05, 0) is 12.8 Å². The van der Waals surface area contributed by atoms with E-state index in [9.17, 15) is 4.79 Å². The molecule has 13 heavy (non-hydrogen) atoms. The molecule has 0 aromatic rings. The summed E-state index contributed by atoms with van der Waals surface area (Å²) in [5.41, 5.74) is 4.90. The maximum Gasteiger partial charge on any atom is 0.404 e. The second kappa shape index (κ2) is 3.96. The SMILES string of the molecule is CC(C)[C@H](C)N1CC(OC(N)=O)C1. The molecule has 1 saturated heterocycles. The number of primary amides is 1. The summed E-state index contributed by atoms with van der Waals surface area (Å²) >= 11 is 0. The number of likely N-dealkylation sites (tertiary alicyclic amines) is 1. The van der Waals surface area contributed by atoms with Gasteiger partial charge in [0, 0.05) is 19.1 Å². The molecule has 1 aliphatic rings. The van der Waals surface area contributed by atoms with Crippen molar-refractivity contribution in [1.82, 2.24) is 4.90 Å². The van der Waals surface area contributed by atoms with Crippen LogP contribution in [0.2, 0.25) is 0 Å². The topological polar surface area (TPSA) is 55.6 Å². The Balaban J connectivity index is 2.21. The van der Waals surface area contributed by atoms with Crippen LogP contribution in [0.3, 0.4) is 0 Å². The highest BCUT2D eigenvalue weighted by Gasteiger charge is 2.33. The fourth-order valence-electron chi connectivity index (χ4n) is 1.46. The van der Waals surface area contributed by atoms with E-state index in [4.69, 9.17) is 10.5 Å². The number of nitrogens with two attached hydrogens (primary N) is 1. The van der Waals surface area contributed by atoms with E-state index in [1.807, 2.05) is 0 Å². The number of amides is 1. The molecule has 0 radical (unpaired) electrons. The van der Waals surface area contributed by atoms with Gasteiger partial charge in [0.2, 0.25) is 0 Å². The van der Waals surface area contributed by atoms with Crippen molar-refractivity contribution in [3.8, 4) is 0 Å². The van der Waals surface area contributed by atoms with E-state index < -0.39 is 6.09 Å². The third-order valence-electron chi connectivity index (χ3n) is 2.70. The number of nitrogens with zero attached hydrogens (tertiary/aromatic N) is 1. The van der Waals surface area contributed by atoms with Crippen LogP contribution in [0, 0.1) is 5.92 Å². The minimum atomic E-state index is -0.665. The smallest absolute Gasteiger partial charge is 0.404 e. The van der Waals surface area contributed by atoms with Gasteiger partial charge in [-0.15, -0.1) is 0 Å². The molecule has 1 heterocycles. The van der Waals surface area contributed by atoms with Gasteiger partial charge in [0.1, 0.15) is 6.10 Å². The first-order valence-corrected chi connectivity index (χ1v) is 4.71. The van der Waals surface area contributed by atoms with Crippen molar-refractivity contribution < 1.29 is 9.53 Å². The van der Waals surface area contributed by atoms with Gasteiger partial charge in [-0.25, -0.2) is 4.79 Å². The Hall–Kier alpha value is -0.770. The minimum absolute atomic E-state index is 0.0127. The van der Waals surface area contributed by atoms with E-state index in [1.54, 1.807) is 0 Å². The van der Waals surface area contributed by atoms with Crippen LogP contribution >= 0.6 is 0 Å². The van der Waals surface area contributed by atoms with E-state index in [-0.39, 0.29) is 6.10 Å². The summed E-state index contributed by atoms with van der Waals surface area (Å²) in [6.45, 7) is 8.20. The molecule has 2 N–H and O–H groups in total. The minimum Gasteiger partial charge on any atom is -0.444 e. The summed E-state index contributed by atoms with van der Waals surface area (Å²) in [5, 5.41) is 0. The monoisotopic (exact) mass is 186 g/mol. The third-order valence-corrected chi connectivity index (χ3v) is 2.70. The van der Waals surface area contributed by atoms with Crippen LogP contribution in [0.25, 0.3) is 0 Å². The first kappa shape index (κ1) is 10.3. The van der Waals surface area contributed by atoms with E-state index in [0.717, 1.165) is 13.1 Å². The molecule has 1 atom stereocenters. The Labute approximate surface area is 79.0 Å². The van der Waals surface area contributed by atoms with Crippen molar-refractivity contribution in [2.75, 3.05) is 13.1 Å². The predicted octanol–water partition coefficient (Wildman–Crippen LogP) is 0.810. The van der Waals surface area contributed by atoms with Crippen LogP contribution in [0.15, 0.2) is 0 Å². The van der Waals surface area contributed by atoms with E-state index in [1.165, 1.54) is 0 Å². The number of rotatable bonds is 3. The van der Waals surface area contributed by atoms with Gasteiger partial charge < -0.3 is 10.5 Å². The van der Waals surface area contributed by atoms with Crippen molar-refractivity contribution in [1.29, 1.82) is 0 Å². The first-order chi connectivity index (χ1) is 6.00. The predicted molar refractivity (Wildman–Crippen MR) is 50.3 cm³/mol. The lowest BCUT2D eigenvalue weighted by Crippen LogP contribution is -2.57. The maximum absolute atomic E-state index is 10.4. The van der Waals surface area contributed by atoms with Crippen molar-refractivity contribution >= 4 is 6.09 Å². The van der Waals surface area contributed by atoms with Gasteiger partial charge in [0.15, 0.2) is 0 Å². The Bertz CT molecular complexity index is 188. The largest absolute Gasteiger partial charge is 0.444 e. The van der Waals surface area contributed by atoms with Gasteiger partial charge in [-0.3, -0.25) is 4.90 Å². The number of carbonyl (C=O) groups excluding carboxylic acids is 1. The van der Waals surface area contributed by atoms with E-state index in [0.29, 0.717) is 12.0 Å². The highest BCUT2D eigenvalue weighted by molar-refractivity contribution is 5.64. The molecular formula is C9H18N2O2. The fraction of sp³-hybridized carbons (Fsp3) is 0.889. The number of hydrogen-bond acceptors (Lipinski definition) is 3. The maximum atomic E-state index is 10.4. The zero-order chi connectivity index (χ0) is 10.0. The number of hydrogen-bond donors (Lipinski definition) is 1. The van der Waals surface area contributed by atoms with Gasteiger partial charge >= 0.3 is 6.09 Å². The average Bonchev–Trinajstić information content (AvgIpc) is 1.94. The summed E-state index contributed by atoms with van der Waals surface area (Å²) < 4.78 is 4.84. The molecule has 1 rings (SSSR count). The van der Waals surface area contributed by atoms with Gasteiger partial charge in [0.05, 0.1) is 0 Å². The highest BCUT2D eigenvalue weighted by Crippen LogP contribution is 2.19. The molecule has 1 aliphatic heterocycles. The molecule has 4 heteroatoms. The molecular weight excluding hydrogens is 168 g/mol. The lowest BCUT2D eigenvalue weighted by atomic mass is 10.00. The molecule has 0 saturated carbocycles. The van der Waals surface area contributed by atoms with Crippen LogP contribution in [0.1, 0.15) is 20.8 Å². The molecule has 0 bridgehead atoms. The second-order valence-corrected chi connectivity index (χ2v) is 4.00. The molecule has 1 amide bonds. The quantitative estimate of drug-likeness (QED) is 0.709. The van der Waals surface area contributed by atoms with E-state index in [2.05, 4.69) is 25.7 Å². The van der Waals surface area contributed by atoms with Crippen LogP contribution < -0.4 is 5.73 Å². The van der Waals surface area contributed by atoms with E-state index >= 15 is 0 Å². The van der Waals surface area contributed by atoms with Crippen molar-refractivity contribution in [3.63, 3.8) is 0 Å². The molecule has 4 nitrogen and oxygen atoms in total. The molecule has 0 aromatic carbocycles. The average molecular weight is 186 g/mol. The molecule has 76 valence electrons. The van der Waals surface area contributed by atoms with Gasteiger partial charge in [-0.2, -0.15) is 0 Å². The number of ether oxygens (including phenoxy) is 1. The van der Waals surface area contributed by atoms with Crippen molar-refractivity contribution in [2.45, 2.75) is 32.9 Å². The van der Waals surface area contributed by atoms with Crippen LogP contribution in [-0.4, -0.2) is 36.2 Å². The third kappa shape index (κ3) is 2.59. The highest BCUT2D eigenvalue weighted by atomic mass is 16.6. The summed E-state index contributed by atoms with van der Waals surface area (Å²) in [4.78, 5) is 12.7. The summed E-state index contributed by atoms with van der Waals surface area (Å²) in [7, 11) is 0. The fourth-order valence-corrected chi connectivity index (χ4v) is 1.46. The zero-order valence-corrected chi connectivity index (χ0v) is 8.49. The molecule has 1 fully saturated rings. The van der Waals surface area contributed by atoms with Crippen LogP contribution in [0.5, 0.6) is 0 Å². The molecule has 0 aliphatic carbocycles. The van der Waals surface area contributed by atoms with Crippen LogP contribution in [-0.2, 0) is 4.74 Å². The Kier molecular flexibility index (Phi) is 3.14. The standard InChI is InChI=1S/C9H18N2O2/c1-6(2)7(3)11-4-8(5-11)13-9(10)12/h6-8H,4-5H2,1-3H3,(H2,10,12)/t7-/m0/s1. The van der Waals surface area contributed by atoms with Crippen molar-refractivity contribution in [2.24, 2.45) is 11.7 Å². The number of carbonyl (C=O) groups is 1. The first-order valence-electron chi connectivity index (χ1n) is 4.71. The molecule has 0 aromatic heterocycles. The Morgan fingerprint density at radius 2 is 2.00 bits per heavy atom. The van der Waals surface area contributed by atoms with Crippen molar-refractivity contribution in [3.05, 3.63) is 0 Å². The van der Waals surface area contributed by atoms with Gasteiger partial charge in [0.25, 0.3) is 0 Å². The molecule has 0 spiro atoms. The Morgan fingerprint density at radius 1 is 1.46 bits per heavy atom. The Morgan fingerprint density at radius 3 is 2.38 bits per heavy atom. The summed E-state index contributed by atoms with van der Waals surface area (Å²) in [6.07, 6.45) is -0.652. The molecule has 0 unspecified atom stereocenters. The normalized spacial score (nSPS) is 21.2. The summed E-state index contributed by atoms with van der Waals surface area (Å²) in [5.74, 6) is 0.634. The summed E-state index contributed by atoms with van der Waals surface area (Å²) in [6, 6.07) is 0.549. The van der Waals surface area contributed by atoms with Gasteiger partial charge in [-0.1, -0.05) is 13.8 Å². The van der Waals surface area contributed by atoms with Crippen LogP contribution in [0.4, 0.5) is 4.79 Å². The second-order valence-electron chi connectivity index (χ2n) is 4.00. The lowest BCUT2D eigenvalue weighted by molar-refractivity contribution is -0.0376. The lowest BCUT2D eigenvalue weighted by Gasteiger charge is -2.43. The zero-order valence-electron chi connectivity index (χ0n) is 8.49.